The van der Waals surface area contributed by atoms with Gasteiger partial charge in [-0.3, -0.25) is 0 Å². The highest BCUT2D eigenvalue weighted by atomic mass is 19.1. The average molecular weight is 385 g/mol. The van der Waals surface area contributed by atoms with E-state index in [1.54, 1.807) is 0 Å². The van der Waals surface area contributed by atoms with Gasteiger partial charge in [-0.15, -0.1) is 0 Å². The van der Waals surface area contributed by atoms with E-state index in [-0.39, 0.29) is 12.0 Å². The summed E-state index contributed by atoms with van der Waals surface area (Å²) in [5.41, 5.74) is 2.32. The first kappa shape index (κ1) is 23.6. The van der Waals surface area contributed by atoms with Crippen LogP contribution in [0.25, 0.3) is 0 Å². The van der Waals surface area contributed by atoms with Crippen LogP contribution in [-0.4, -0.2) is 42.4 Å². The molecule has 0 heterocycles. The number of aliphatic hydroxyl groups is 2. The molecule has 0 aliphatic carbocycles. The second-order valence-electron chi connectivity index (χ2n) is 7.66. The number of halogens is 2. The summed E-state index contributed by atoms with van der Waals surface area (Å²) in [5, 5.41) is 18.6. The van der Waals surface area contributed by atoms with Crippen LogP contribution in [0, 0.1) is 0 Å². The van der Waals surface area contributed by atoms with E-state index in [1.165, 1.54) is 5.56 Å². The van der Waals surface area contributed by atoms with Gasteiger partial charge in [0, 0.05) is 6.42 Å². The fourth-order valence-corrected chi connectivity index (χ4v) is 2.93. The smallest absolute Gasteiger partial charge is 0.119 e. The molecule has 2 N–H and O–H groups in total. The minimum Gasteiger partial charge on any atom is -0.495 e. The summed E-state index contributed by atoms with van der Waals surface area (Å²) < 4.78 is 30.1. The SMILES string of the molecule is CC=C(CCCC(C)(C)c1ccc(CCC(O)CF)cc1)OCC(O)CF. The summed E-state index contributed by atoms with van der Waals surface area (Å²) >= 11 is 0. The Morgan fingerprint density at radius 2 is 1.74 bits per heavy atom. The van der Waals surface area contributed by atoms with E-state index in [1.807, 2.05) is 25.1 Å². The largest absolute Gasteiger partial charge is 0.495 e. The fourth-order valence-electron chi connectivity index (χ4n) is 2.93. The van der Waals surface area contributed by atoms with Gasteiger partial charge in [-0.05, 0) is 55.2 Å². The minimum atomic E-state index is -1.07. The summed E-state index contributed by atoms with van der Waals surface area (Å²) in [4.78, 5) is 0. The van der Waals surface area contributed by atoms with E-state index >= 15 is 0 Å². The Bertz CT molecular complexity index is 555. The quantitative estimate of drug-likeness (QED) is 0.487. The van der Waals surface area contributed by atoms with E-state index in [0.717, 1.165) is 30.6 Å². The van der Waals surface area contributed by atoms with Crippen LogP contribution < -0.4 is 0 Å². The van der Waals surface area contributed by atoms with Crippen molar-refractivity contribution < 1.29 is 23.7 Å². The van der Waals surface area contributed by atoms with Crippen LogP contribution in [0.2, 0.25) is 0 Å². The molecule has 5 heteroatoms. The predicted molar refractivity (Wildman–Crippen MR) is 105 cm³/mol. The first-order valence-corrected chi connectivity index (χ1v) is 9.67. The second kappa shape index (κ2) is 12.1. The second-order valence-corrected chi connectivity index (χ2v) is 7.66. The van der Waals surface area contributed by atoms with Crippen molar-refractivity contribution in [2.45, 2.75) is 70.5 Å². The summed E-state index contributed by atoms with van der Waals surface area (Å²) in [7, 11) is 0. The molecular formula is C22H34F2O3. The van der Waals surface area contributed by atoms with Gasteiger partial charge in [0.15, 0.2) is 0 Å². The van der Waals surface area contributed by atoms with Crippen LogP contribution in [0.3, 0.4) is 0 Å². The van der Waals surface area contributed by atoms with Crippen LogP contribution >= 0.6 is 0 Å². The van der Waals surface area contributed by atoms with Gasteiger partial charge in [-0.2, -0.15) is 0 Å². The Morgan fingerprint density at radius 1 is 1.11 bits per heavy atom. The van der Waals surface area contributed by atoms with Gasteiger partial charge in [0.1, 0.15) is 26.1 Å². The lowest BCUT2D eigenvalue weighted by atomic mass is 9.79. The highest BCUT2D eigenvalue weighted by Crippen LogP contribution is 2.30. The van der Waals surface area contributed by atoms with E-state index < -0.39 is 25.6 Å². The number of alkyl halides is 2. The zero-order valence-electron chi connectivity index (χ0n) is 16.8. The Balaban J connectivity index is 2.49. The van der Waals surface area contributed by atoms with Gasteiger partial charge < -0.3 is 14.9 Å². The number of hydrogen-bond acceptors (Lipinski definition) is 3. The predicted octanol–water partition coefficient (Wildman–Crippen LogP) is 4.65. The summed E-state index contributed by atoms with van der Waals surface area (Å²) in [6.45, 7) is 4.75. The highest BCUT2D eigenvalue weighted by Gasteiger charge is 2.20. The van der Waals surface area contributed by atoms with E-state index in [9.17, 15) is 19.0 Å². The lowest BCUT2D eigenvalue weighted by Crippen LogP contribution is -2.18. The molecule has 0 bridgehead atoms. The lowest BCUT2D eigenvalue weighted by Gasteiger charge is -2.26. The molecule has 1 rings (SSSR count). The Kier molecular flexibility index (Phi) is 10.6. The van der Waals surface area contributed by atoms with Crippen molar-refractivity contribution >= 4 is 0 Å². The molecule has 27 heavy (non-hydrogen) atoms. The van der Waals surface area contributed by atoms with Gasteiger partial charge in [0.2, 0.25) is 0 Å². The molecular weight excluding hydrogens is 350 g/mol. The van der Waals surface area contributed by atoms with Crippen molar-refractivity contribution in [3.8, 4) is 0 Å². The molecule has 0 amide bonds. The Hall–Kier alpha value is -1.46. The molecule has 0 fully saturated rings. The molecule has 2 unspecified atom stereocenters. The van der Waals surface area contributed by atoms with Crippen molar-refractivity contribution in [2.75, 3.05) is 20.0 Å². The van der Waals surface area contributed by atoms with Crippen molar-refractivity contribution in [3.63, 3.8) is 0 Å². The van der Waals surface area contributed by atoms with Crippen LogP contribution in [0.4, 0.5) is 8.78 Å². The topological polar surface area (TPSA) is 49.7 Å². The van der Waals surface area contributed by atoms with Gasteiger partial charge in [0.05, 0.1) is 11.9 Å². The van der Waals surface area contributed by atoms with E-state index in [2.05, 4.69) is 26.0 Å². The number of rotatable bonds is 13. The maximum atomic E-state index is 12.3. The third kappa shape index (κ3) is 8.85. The zero-order valence-corrected chi connectivity index (χ0v) is 16.8. The number of aliphatic hydroxyl groups excluding tert-OH is 2. The number of ether oxygens (including phenoxy) is 1. The van der Waals surface area contributed by atoms with Crippen LogP contribution in [-0.2, 0) is 16.6 Å². The lowest BCUT2D eigenvalue weighted by molar-refractivity contribution is 0.0509. The molecule has 1 aromatic carbocycles. The van der Waals surface area contributed by atoms with Gasteiger partial charge in [-0.25, -0.2) is 8.78 Å². The number of aryl methyl sites for hydroxylation is 1. The van der Waals surface area contributed by atoms with Crippen LogP contribution in [0.5, 0.6) is 0 Å². The standard InChI is InChI=1S/C22H34F2O3/c1-4-21(27-16-20(26)15-24)6-5-13-22(2,3)18-10-7-17(8-11-18)9-12-19(25)14-23/h4,7-8,10-11,19-20,25-26H,5-6,9,12-16H2,1-3H3. The van der Waals surface area contributed by atoms with Crippen molar-refractivity contribution in [1.82, 2.24) is 0 Å². The molecule has 1 aromatic rings. The van der Waals surface area contributed by atoms with Crippen molar-refractivity contribution in [2.24, 2.45) is 0 Å². The van der Waals surface area contributed by atoms with E-state index in [0.29, 0.717) is 12.8 Å². The average Bonchev–Trinajstić information content (AvgIpc) is 2.68. The zero-order chi connectivity index (χ0) is 20.3. The maximum absolute atomic E-state index is 12.3. The molecule has 0 radical (unpaired) electrons. The third-order valence-electron chi connectivity index (χ3n) is 4.87. The number of hydrogen-bond donors (Lipinski definition) is 2. The summed E-state index contributed by atoms with van der Waals surface area (Å²) in [6.07, 6.45) is 3.64. The number of benzene rings is 1. The first-order valence-electron chi connectivity index (χ1n) is 9.67. The minimum absolute atomic E-state index is 0.00567. The van der Waals surface area contributed by atoms with Crippen LogP contribution in [0.1, 0.15) is 57.6 Å². The van der Waals surface area contributed by atoms with Crippen molar-refractivity contribution in [1.29, 1.82) is 0 Å². The van der Waals surface area contributed by atoms with Gasteiger partial charge >= 0.3 is 0 Å². The molecule has 0 spiro atoms. The Morgan fingerprint density at radius 3 is 2.30 bits per heavy atom. The molecule has 0 saturated heterocycles. The highest BCUT2D eigenvalue weighted by molar-refractivity contribution is 5.28. The van der Waals surface area contributed by atoms with Gasteiger partial charge in [-0.1, -0.05) is 38.1 Å². The molecule has 0 aromatic heterocycles. The van der Waals surface area contributed by atoms with Gasteiger partial charge in [0.25, 0.3) is 0 Å². The summed E-state index contributed by atoms with van der Waals surface area (Å²) in [6, 6.07) is 8.28. The normalized spacial score (nSPS) is 14.9. The Labute approximate surface area is 162 Å². The molecule has 154 valence electrons. The van der Waals surface area contributed by atoms with Crippen LogP contribution in [0.15, 0.2) is 36.1 Å². The fraction of sp³-hybridized carbons (Fsp3) is 0.636. The molecule has 0 saturated carbocycles. The number of allylic oxidation sites excluding steroid dienone is 2. The molecule has 2 atom stereocenters. The molecule has 0 aliphatic heterocycles. The summed E-state index contributed by atoms with van der Waals surface area (Å²) in [5.74, 6) is 0.778. The maximum Gasteiger partial charge on any atom is 0.119 e. The van der Waals surface area contributed by atoms with Crippen molar-refractivity contribution in [3.05, 3.63) is 47.2 Å². The molecule has 3 nitrogen and oxygen atoms in total. The van der Waals surface area contributed by atoms with E-state index in [4.69, 9.17) is 4.74 Å². The first-order chi connectivity index (χ1) is 12.8. The monoisotopic (exact) mass is 384 g/mol. The third-order valence-corrected chi connectivity index (χ3v) is 4.87. The molecule has 0 aliphatic rings.